The van der Waals surface area contributed by atoms with Gasteiger partial charge in [-0.25, -0.2) is 8.96 Å². The lowest BCUT2D eigenvalue weighted by atomic mass is 9.94. The summed E-state index contributed by atoms with van der Waals surface area (Å²) in [6.45, 7) is 6.80. The Morgan fingerprint density at radius 2 is 1.38 bits per heavy atom. The number of nitrogens with zero attached hydrogens (tertiary/aromatic N) is 1. The first-order valence-corrected chi connectivity index (χ1v) is 14.7. The summed E-state index contributed by atoms with van der Waals surface area (Å²) < 4.78 is 17.1. The molecule has 1 heterocycles. The van der Waals surface area contributed by atoms with E-state index < -0.39 is 8.07 Å². The molecule has 0 bridgehead atoms. The Morgan fingerprint density at radius 3 is 2.09 bits per heavy atom. The fourth-order valence-corrected chi connectivity index (χ4v) is 7.26. The summed E-state index contributed by atoms with van der Waals surface area (Å²) in [5.41, 5.74) is 4.62. The summed E-state index contributed by atoms with van der Waals surface area (Å²) in [6.07, 6.45) is 2.11. The van der Waals surface area contributed by atoms with Crippen LogP contribution in [0.2, 0.25) is 13.1 Å². The minimum absolute atomic E-state index is 0.187. The number of aromatic nitrogens is 1. The summed E-state index contributed by atoms with van der Waals surface area (Å²) >= 11 is 0. The van der Waals surface area contributed by atoms with Crippen molar-refractivity contribution in [1.82, 2.24) is 0 Å². The number of aryl methyl sites for hydroxylation is 2. The molecule has 34 heavy (non-hydrogen) atoms. The number of hydrogen-bond donors (Lipinski definition) is 0. The van der Waals surface area contributed by atoms with Crippen LogP contribution >= 0.6 is 0 Å². The second kappa shape index (κ2) is 8.66. The number of hydrogen-bond acceptors (Lipinski definition) is 0. The Balaban J connectivity index is 1.69. The highest BCUT2D eigenvalue weighted by Crippen LogP contribution is 2.33. The Bertz CT molecular complexity index is 1490. The minimum atomic E-state index is -1.81. The molecule has 0 N–H and O–H groups in total. The van der Waals surface area contributed by atoms with E-state index in [1.54, 1.807) is 6.07 Å². The summed E-state index contributed by atoms with van der Waals surface area (Å²) in [7, 11) is 0.255. The highest BCUT2D eigenvalue weighted by Gasteiger charge is 2.27. The van der Waals surface area contributed by atoms with Crippen molar-refractivity contribution in [3.63, 3.8) is 0 Å². The molecular formula is C31H29FNSi+. The summed E-state index contributed by atoms with van der Waals surface area (Å²) in [5.74, 6) is -0.187. The number of pyridine rings is 1. The average Bonchev–Trinajstić information content (AvgIpc) is 2.85. The second-order valence-corrected chi connectivity index (χ2v) is 14.0. The molecule has 0 aliphatic rings. The molecule has 4 aromatic carbocycles. The molecule has 0 amide bonds. The van der Waals surface area contributed by atoms with E-state index in [1.165, 1.54) is 21.1 Å². The average molecular weight is 463 g/mol. The molecule has 5 aromatic rings. The van der Waals surface area contributed by atoms with Gasteiger partial charge >= 0.3 is 0 Å². The third kappa shape index (κ3) is 3.86. The lowest BCUT2D eigenvalue weighted by Gasteiger charge is -2.24. The van der Waals surface area contributed by atoms with Gasteiger partial charge < -0.3 is 0 Å². The number of rotatable bonds is 4. The standard InChI is InChI=1S/C31H29FNSi/c1-22-19-30(32)29(23-11-7-5-8-12-23)21-28(22)31-27-16-15-26(20-24(27)17-18-33(31)2)34(3,4)25-13-9-6-10-14-25/h5-21H,1-4H3/q+1. The molecule has 0 spiro atoms. The van der Waals surface area contributed by atoms with Gasteiger partial charge in [-0.1, -0.05) is 96.3 Å². The van der Waals surface area contributed by atoms with Crippen LogP contribution in [-0.4, -0.2) is 8.07 Å². The van der Waals surface area contributed by atoms with Gasteiger partial charge in [-0.3, -0.25) is 0 Å². The van der Waals surface area contributed by atoms with Crippen LogP contribution in [0.25, 0.3) is 33.2 Å². The van der Waals surface area contributed by atoms with Crippen molar-refractivity contribution in [3.05, 3.63) is 115 Å². The Hall–Kier alpha value is -3.56. The van der Waals surface area contributed by atoms with Crippen LogP contribution in [0, 0.1) is 12.7 Å². The van der Waals surface area contributed by atoms with Crippen LogP contribution in [-0.2, 0) is 7.05 Å². The van der Waals surface area contributed by atoms with Crippen LogP contribution in [0.5, 0.6) is 0 Å². The SMILES string of the molecule is Cc1cc(F)c(-c2ccccc2)cc1-c1c2ccc([Si](C)(C)c3ccccc3)cc2cc[n+]1C. The fraction of sp³-hybridized carbons (Fsp3) is 0.129. The fourth-order valence-electron chi connectivity index (χ4n) is 4.88. The van der Waals surface area contributed by atoms with E-state index in [1.807, 2.05) is 43.3 Å². The van der Waals surface area contributed by atoms with Crippen molar-refractivity contribution in [1.29, 1.82) is 0 Å². The van der Waals surface area contributed by atoms with E-state index in [0.717, 1.165) is 22.4 Å². The lowest BCUT2D eigenvalue weighted by Crippen LogP contribution is -2.52. The topological polar surface area (TPSA) is 3.88 Å². The van der Waals surface area contributed by atoms with Crippen molar-refractivity contribution < 1.29 is 8.96 Å². The molecule has 3 heteroatoms. The maximum atomic E-state index is 15.0. The second-order valence-electron chi connectivity index (χ2n) is 9.58. The van der Waals surface area contributed by atoms with E-state index in [9.17, 15) is 4.39 Å². The predicted molar refractivity (Wildman–Crippen MR) is 144 cm³/mol. The smallest absolute Gasteiger partial charge is 0.206 e. The Labute approximate surface area is 202 Å². The zero-order valence-corrected chi connectivity index (χ0v) is 21.1. The highest BCUT2D eigenvalue weighted by atomic mass is 28.3. The van der Waals surface area contributed by atoms with Crippen molar-refractivity contribution >= 4 is 29.2 Å². The van der Waals surface area contributed by atoms with Crippen molar-refractivity contribution in [2.24, 2.45) is 7.05 Å². The van der Waals surface area contributed by atoms with Gasteiger partial charge in [0.05, 0.1) is 10.9 Å². The molecule has 0 atom stereocenters. The van der Waals surface area contributed by atoms with Gasteiger partial charge in [0.15, 0.2) is 6.20 Å². The van der Waals surface area contributed by atoms with Crippen molar-refractivity contribution in [2.75, 3.05) is 0 Å². The molecule has 0 aliphatic heterocycles. The maximum absolute atomic E-state index is 15.0. The molecule has 168 valence electrons. The first-order valence-electron chi connectivity index (χ1n) is 11.7. The molecule has 0 radical (unpaired) electrons. The summed E-state index contributed by atoms with van der Waals surface area (Å²) in [5, 5.41) is 5.23. The summed E-state index contributed by atoms with van der Waals surface area (Å²) in [6, 6.07) is 33.4. The zero-order chi connectivity index (χ0) is 23.9. The van der Waals surface area contributed by atoms with E-state index in [0.29, 0.717) is 5.56 Å². The molecule has 1 nitrogen and oxygen atoms in total. The van der Waals surface area contributed by atoms with Crippen molar-refractivity contribution in [3.8, 4) is 22.4 Å². The van der Waals surface area contributed by atoms with Crippen LogP contribution < -0.4 is 14.9 Å². The Morgan fingerprint density at radius 1 is 0.706 bits per heavy atom. The van der Waals surface area contributed by atoms with E-state index in [4.69, 9.17) is 0 Å². The largest absolute Gasteiger partial charge is 0.220 e. The molecule has 0 saturated heterocycles. The number of halogens is 1. The van der Waals surface area contributed by atoms with E-state index in [-0.39, 0.29) is 5.82 Å². The predicted octanol–water partition coefficient (Wildman–Crippen LogP) is 6.27. The summed E-state index contributed by atoms with van der Waals surface area (Å²) in [4.78, 5) is 0. The molecule has 0 fully saturated rings. The first-order chi connectivity index (χ1) is 16.4. The molecule has 0 unspecified atom stereocenters. The van der Waals surface area contributed by atoms with Crippen LogP contribution in [0.4, 0.5) is 4.39 Å². The van der Waals surface area contributed by atoms with Crippen molar-refractivity contribution in [2.45, 2.75) is 20.0 Å². The van der Waals surface area contributed by atoms with Gasteiger partial charge in [-0.2, -0.15) is 0 Å². The first kappa shape index (κ1) is 22.2. The zero-order valence-electron chi connectivity index (χ0n) is 20.1. The van der Waals surface area contributed by atoms with Gasteiger partial charge in [0.1, 0.15) is 20.9 Å². The van der Waals surface area contributed by atoms with Gasteiger partial charge in [-0.05, 0) is 41.6 Å². The van der Waals surface area contributed by atoms with Crippen LogP contribution in [0.1, 0.15) is 5.56 Å². The van der Waals surface area contributed by atoms with E-state index >= 15 is 0 Å². The maximum Gasteiger partial charge on any atom is 0.220 e. The van der Waals surface area contributed by atoms with Gasteiger partial charge in [-0.15, -0.1) is 0 Å². The van der Waals surface area contributed by atoms with Gasteiger partial charge in [0.25, 0.3) is 0 Å². The quantitative estimate of drug-likeness (QED) is 0.219. The monoisotopic (exact) mass is 462 g/mol. The third-order valence-electron chi connectivity index (χ3n) is 7.01. The molecule has 0 saturated carbocycles. The van der Waals surface area contributed by atoms with Gasteiger partial charge in [0, 0.05) is 11.6 Å². The molecule has 1 aromatic heterocycles. The van der Waals surface area contributed by atoms with E-state index in [2.05, 4.69) is 85.5 Å². The van der Waals surface area contributed by atoms with Crippen LogP contribution in [0.3, 0.4) is 0 Å². The number of benzene rings is 4. The molecule has 5 rings (SSSR count). The minimum Gasteiger partial charge on any atom is -0.206 e. The molecule has 0 aliphatic carbocycles. The Kier molecular flexibility index (Phi) is 5.66. The van der Waals surface area contributed by atoms with Crippen LogP contribution in [0.15, 0.2) is 103 Å². The third-order valence-corrected chi connectivity index (χ3v) is 10.5. The molecular weight excluding hydrogens is 433 g/mol. The number of fused-ring (bicyclic) bond motifs is 1. The van der Waals surface area contributed by atoms with Gasteiger partial charge in [0.2, 0.25) is 5.69 Å². The normalized spacial score (nSPS) is 11.7. The highest BCUT2D eigenvalue weighted by molar-refractivity contribution is 7.00. The lowest BCUT2D eigenvalue weighted by molar-refractivity contribution is -0.659.